The molecule has 0 fully saturated rings. The Morgan fingerprint density at radius 2 is 1.88 bits per heavy atom. The highest BCUT2D eigenvalue weighted by Gasteiger charge is 2.17. The van der Waals surface area contributed by atoms with Crippen LogP contribution in [0.2, 0.25) is 0 Å². The van der Waals surface area contributed by atoms with Gasteiger partial charge in [0.1, 0.15) is 6.04 Å². The van der Waals surface area contributed by atoms with E-state index in [-0.39, 0.29) is 5.92 Å². The molecule has 1 rings (SSSR count). The average molecular weight is 223 g/mol. The third kappa shape index (κ3) is 6.19. The fourth-order valence-corrected chi connectivity index (χ4v) is 1.03. The van der Waals surface area contributed by atoms with Crippen LogP contribution in [0.15, 0.2) is 30.3 Å². The highest BCUT2D eigenvalue weighted by molar-refractivity contribution is 5.73. The van der Waals surface area contributed by atoms with Crippen LogP contribution in [0.25, 0.3) is 0 Å². The highest BCUT2D eigenvalue weighted by atomic mass is 16.4. The third-order valence-corrected chi connectivity index (χ3v) is 2.48. The van der Waals surface area contributed by atoms with Crippen LogP contribution >= 0.6 is 0 Å². The second kappa shape index (κ2) is 7.88. The molecule has 0 aliphatic rings. The van der Waals surface area contributed by atoms with E-state index in [2.05, 4.69) is 19.1 Å². The van der Waals surface area contributed by atoms with Crippen LogP contribution in [0.3, 0.4) is 0 Å². The molecule has 0 bridgehead atoms. The quantitative estimate of drug-likeness (QED) is 0.827. The summed E-state index contributed by atoms with van der Waals surface area (Å²) in [6.45, 7) is 5.84. The minimum Gasteiger partial charge on any atom is -0.480 e. The number of carboxylic acids is 1. The molecular formula is C13H21NO2. The molecule has 16 heavy (non-hydrogen) atoms. The number of aryl methyl sites for hydroxylation is 1. The van der Waals surface area contributed by atoms with E-state index in [0.717, 1.165) is 6.42 Å². The number of benzene rings is 1. The molecule has 0 aliphatic carbocycles. The Hall–Kier alpha value is -1.35. The van der Waals surface area contributed by atoms with Crippen LogP contribution in [-0.2, 0) is 4.79 Å². The fraction of sp³-hybridized carbons (Fsp3) is 0.462. The lowest BCUT2D eigenvalue weighted by molar-refractivity contribution is -0.139. The van der Waals surface area contributed by atoms with Crippen LogP contribution in [0.5, 0.6) is 0 Å². The first-order valence-corrected chi connectivity index (χ1v) is 5.49. The molecular weight excluding hydrogens is 202 g/mol. The van der Waals surface area contributed by atoms with Gasteiger partial charge in [0.2, 0.25) is 0 Å². The van der Waals surface area contributed by atoms with Gasteiger partial charge in [0.15, 0.2) is 0 Å². The summed E-state index contributed by atoms with van der Waals surface area (Å²) in [6, 6.07) is 9.56. The van der Waals surface area contributed by atoms with Crippen molar-refractivity contribution in [3.05, 3.63) is 35.9 Å². The summed E-state index contributed by atoms with van der Waals surface area (Å²) in [4.78, 5) is 10.2. The van der Waals surface area contributed by atoms with E-state index in [4.69, 9.17) is 10.8 Å². The van der Waals surface area contributed by atoms with Crippen molar-refractivity contribution in [1.29, 1.82) is 0 Å². The van der Waals surface area contributed by atoms with E-state index in [1.807, 2.05) is 32.0 Å². The van der Waals surface area contributed by atoms with E-state index in [9.17, 15) is 4.79 Å². The zero-order chi connectivity index (χ0) is 12.6. The van der Waals surface area contributed by atoms with Crippen molar-refractivity contribution in [2.45, 2.75) is 33.2 Å². The van der Waals surface area contributed by atoms with Crippen molar-refractivity contribution in [1.82, 2.24) is 0 Å². The minimum atomic E-state index is -0.913. The Morgan fingerprint density at radius 1 is 1.38 bits per heavy atom. The predicted molar refractivity (Wildman–Crippen MR) is 66.2 cm³/mol. The third-order valence-electron chi connectivity index (χ3n) is 2.48. The van der Waals surface area contributed by atoms with Crippen molar-refractivity contribution in [3.8, 4) is 0 Å². The fourth-order valence-electron chi connectivity index (χ4n) is 1.03. The average Bonchev–Trinajstić information content (AvgIpc) is 2.28. The van der Waals surface area contributed by atoms with Crippen molar-refractivity contribution in [3.63, 3.8) is 0 Å². The van der Waals surface area contributed by atoms with E-state index in [0.29, 0.717) is 0 Å². The molecule has 2 unspecified atom stereocenters. The topological polar surface area (TPSA) is 63.3 Å². The number of aliphatic carboxylic acids is 1. The molecule has 3 N–H and O–H groups in total. The Bertz CT molecular complexity index is 298. The molecule has 0 radical (unpaired) electrons. The predicted octanol–water partition coefficient (Wildman–Crippen LogP) is 2.44. The Balaban J connectivity index is 0.000000288. The van der Waals surface area contributed by atoms with Gasteiger partial charge in [-0.15, -0.1) is 0 Å². The Kier molecular flexibility index (Phi) is 7.21. The van der Waals surface area contributed by atoms with Gasteiger partial charge < -0.3 is 10.8 Å². The number of nitrogens with two attached hydrogens (primary N) is 1. The van der Waals surface area contributed by atoms with Gasteiger partial charge >= 0.3 is 5.97 Å². The van der Waals surface area contributed by atoms with E-state index < -0.39 is 12.0 Å². The molecule has 0 saturated carbocycles. The maximum Gasteiger partial charge on any atom is 0.320 e. The van der Waals surface area contributed by atoms with Gasteiger partial charge in [-0.2, -0.15) is 0 Å². The molecule has 2 atom stereocenters. The first-order chi connectivity index (χ1) is 7.49. The lowest BCUT2D eigenvalue weighted by Crippen LogP contribution is -2.36. The van der Waals surface area contributed by atoms with E-state index >= 15 is 0 Å². The number of hydrogen-bond donors (Lipinski definition) is 2. The van der Waals surface area contributed by atoms with Gasteiger partial charge in [0.05, 0.1) is 0 Å². The highest BCUT2D eigenvalue weighted by Crippen LogP contribution is 2.04. The molecule has 1 aromatic rings. The largest absolute Gasteiger partial charge is 0.480 e. The summed E-state index contributed by atoms with van der Waals surface area (Å²) in [5, 5.41) is 8.36. The SMILES string of the molecule is CCC(C)C(N)C(=O)O.Cc1ccccc1. The minimum absolute atomic E-state index is 0.0718. The van der Waals surface area contributed by atoms with Crippen molar-refractivity contribution < 1.29 is 9.90 Å². The maximum absolute atomic E-state index is 10.2. The smallest absolute Gasteiger partial charge is 0.320 e. The summed E-state index contributed by atoms with van der Waals surface area (Å²) in [5.41, 5.74) is 6.59. The van der Waals surface area contributed by atoms with Crippen molar-refractivity contribution in [2.24, 2.45) is 11.7 Å². The number of carbonyl (C=O) groups is 1. The summed E-state index contributed by atoms with van der Waals surface area (Å²) < 4.78 is 0. The van der Waals surface area contributed by atoms with Crippen molar-refractivity contribution >= 4 is 5.97 Å². The molecule has 0 amide bonds. The summed E-state index contributed by atoms with van der Waals surface area (Å²) in [6.07, 6.45) is 0.813. The van der Waals surface area contributed by atoms with Crippen LogP contribution in [0.4, 0.5) is 0 Å². The molecule has 0 heterocycles. The first kappa shape index (κ1) is 14.6. The molecule has 3 nitrogen and oxygen atoms in total. The zero-order valence-corrected chi connectivity index (χ0v) is 10.2. The van der Waals surface area contributed by atoms with Crippen molar-refractivity contribution in [2.75, 3.05) is 0 Å². The van der Waals surface area contributed by atoms with Gasteiger partial charge in [0.25, 0.3) is 0 Å². The molecule has 3 heteroatoms. The Morgan fingerprint density at radius 3 is 2.06 bits per heavy atom. The summed E-state index contributed by atoms with van der Waals surface area (Å²) in [5.74, 6) is -0.841. The number of carboxylic acid groups (broad SMARTS) is 1. The second-order valence-corrected chi connectivity index (χ2v) is 3.90. The molecule has 0 aromatic heterocycles. The van der Waals surface area contributed by atoms with E-state index in [1.54, 1.807) is 0 Å². The van der Waals surface area contributed by atoms with Crippen LogP contribution < -0.4 is 5.73 Å². The van der Waals surface area contributed by atoms with Gasteiger partial charge in [0, 0.05) is 0 Å². The van der Waals surface area contributed by atoms with Gasteiger partial charge in [-0.3, -0.25) is 4.79 Å². The second-order valence-electron chi connectivity index (χ2n) is 3.90. The maximum atomic E-state index is 10.2. The number of rotatable bonds is 3. The monoisotopic (exact) mass is 223 g/mol. The zero-order valence-electron chi connectivity index (χ0n) is 10.2. The summed E-state index contributed by atoms with van der Waals surface area (Å²) in [7, 11) is 0. The molecule has 0 saturated heterocycles. The summed E-state index contributed by atoms with van der Waals surface area (Å²) >= 11 is 0. The Labute approximate surface area is 97.3 Å². The standard InChI is InChI=1S/C7H8.C6H13NO2/c1-7-5-3-2-4-6-7;1-3-4(2)5(7)6(8)9/h2-6H,1H3;4-5H,3,7H2,1-2H3,(H,8,9). The molecule has 0 spiro atoms. The molecule has 1 aromatic carbocycles. The van der Waals surface area contributed by atoms with Gasteiger partial charge in [-0.05, 0) is 12.8 Å². The normalized spacial score (nSPS) is 13.2. The molecule has 0 aliphatic heterocycles. The van der Waals surface area contributed by atoms with E-state index in [1.165, 1.54) is 5.56 Å². The van der Waals surface area contributed by atoms with Gasteiger partial charge in [-0.25, -0.2) is 0 Å². The van der Waals surface area contributed by atoms with Crippen LogP contribution in [-0.4, -0.2) is 17.1 Å². The van der Waals surface area contributed by atoms with Crippen LogP contribution in [0.1, 0.15) is 25.8 Å². The first-order valence-electron chi connectivity index (χ1n) is 5.49. The van der Waals surface area contributed by atoms with Gasteiger partial charge in [-0.1, -0.05) is 56.2 Å². The molecule has 90 valence electrons. The lowest BCUT2D eigenvalue weighted by Gasteiger charge is -2.11. The lowest BCUT2D eigenvalue weighted by atomic mass is 10.0. The number of hydrogen-bond acceptors (Lipinski definition) is 2. The van der Waals surface area contributed by atoms with Crippen LogP contribution in [0, 0.1) is 12.8 Å².